The molecular formula is C22H29N3O3. The van der Waals surface area contributed by atoms with Crippen LogP contribution in [0.2, 0.25) is 0 Å². The zero-order valence-electron chi connectivity index (χ0n) is 16.6. The Morgan fingerprint density at radius 2 is 1.75 bits per heavy atom. The van der Waals surface area contributed by atoms with Crippen molar-refractivity contribution in [2.24, 2.45) is 0 Å². The molecule has 6 nitrogen and oxygen atoms in total. The van der Waals surface area contributed by atoms with E-state index in [2.05, 4.69) is 22.9 Å². The molecule has 0 bridgehead atoms. The summed E-state index contributed by atoms with van der Waals surface area (Å²) in [6.07, 6.45) is 2.97. The van der Waals surface area contributed by atoms with Crippen molar-refractivity contribution < 1.29 is 14.3 Å². The lowest BCUT2D eigenvalue weighted by molar-refractivity contribution is -0.114. The van der Waals surface area contributed by atoms with Crippen molar-refractivity contribution in [1.29, 1.82) is 0 Å². The molecule has 2 aromatic rings. The van der Waals surface area contributed by atoms with E-state index < -0.39 is 0 Å². The highest BCUT2D eigenvalue weighted by molar-refractivity contribution is 5.95. The fourth-order valence-electron chi connectivity index (χ4n) is 2.47. The number of carbonyl (C=O) groups is 2. The molecule has 0 saturated heterocycles. The summed E-state index contributed by atoms with van der Waals surface area (Å²) in [5.41, 5.74) is 2.07. The van der Waals surface area contributed by atoms with Gasteiger partial charge in [0.2, 0.25) is 5.91 Å². The van der Waals surface area contributed by atoms with Crippen LogP contribution in [0.5, 0.6) is 5.75 Å². The van der Waals surface area contributed by atoms with Crippen LogP contribution in [0.25, 0.3) is 0 Å². The van der Waals surface area contributed by atoms with Crippen LogP contribution in [0.4, 0.5) is 11.4 Å². The molecule has 150 valence electrons. The van der Waals surface area contributed by atoms with E-state index in [0.717, 1.165) is 30.7 Å². The summed E-state index contributed by atoms with van der Waals surface area (Å²) in [5, 5.41) is 8.74. The highest BCUT2D eigenvalue weighted by Gasteiger charge is 2.06. The average molecular weight is 383 g/mol. The Morgan fingerprint density at radius 1 is 0.964 bits per heavy atom. The molecule has 0 aliphatic carbocycles. The Bertz CT molecular complexity index is 760. The molecule has 6 heteroatoms. The molecule has 0 fully saturated rings. The average Bonchev–Trinajstić information content (AvgIpc) is 2.71. The lowest BCUT2D eigenvalue weighted by atomic mass is 10.2. The second-order valence-electron chi connectivity index (χ2n) is 6.46. The van der Waals surface area contributed by atoms with Gasteiger partial charge in [0.1, 0.15) is 5.75 Å². The fourth-order valence-corrected chi connectivity index (χ4v) is 2.47. The molecule has 0 heterocycles. The third-order valence-corrected chi connectivity index (χ3v) is 4.02. The van der Waals surface area contributed by atoms with Crippen molar-refractivity contribution in [1.82, 2.24) is 5.32 Å². The number of hydrogen-bond acceptors (Lipinski definition) is 4. The summed E-state index contributed by atoms with van der Waals surface area (Å²) >= 11 is 0. The monoisotopic (exact) mass is 383 g/mol. The van der Waals surface area contributed by atoms with Crippen LogP contribution in [-0.4, -0.2) is 31.5 Å². The maximum Gasteiger partial charge on any atom is 0.251 e. The van der Waals surface area contributed by atoms with Gasteiger partial charge in [-0.05, 0) is 49.2 Å². The Hall–Kier alpha value is -3.02. The quantitative estimate of drug-likeness (QED) is 0.511. The Labute approximate surface area is 166 Å². The molecule has 0 aromatic heterocycles. The van der Waals surface area contributed by atoms with Gasteiger partial charge in [-0.2, -0.15) is 0 Å². The molecule has 0 radical (unpaired) electrons. The van der Waals surface area contributed by atoms with E-state index in [1.165, 1.54) is 0 Å². The number of amides is 2. The van der Waals surface area contributed by atoms with Gasteiger partial charge in [0.05, 0.1) is 13.2 Å². The first-order valence-corrected chi connectivity index (χ1v) is 9.77. The van der Waals surface area contributed by atoms with E-state index in [1.807, 2.05) is 31.2 Å². The molecule has 28 heavy (non-hydrogen) atoms. The van der Waals surface area contributed by atoms with Gasteiger partial charge in [0.15, 0.2) is 0 Å². The van der Waals surface area contributed by atoms with Crippen LogP contribution < -0.4 is 20.7 Å². The van der Waals surface area contributed by atoms with E-state index in [-0.39, 0.29) is 18.4 Å². The Morgan fingerprint density at radius 3 is 2.46 bits per heavy atom. The number of carbonyl (C=O) groups excluding carboxylic acids is 2. The minimum Gasteiger partial charge on any atom is -0.494 e. The van der Waals surface area contributed by atoms with Gasteiger partial charge in [-0.3, -0.25) is 9.59 Å². The molecule has 2 aromatic carbocycles. The van der Waals surface area contributed by atoms with Crippen LogP contribution >= 0.6 is 0 Å². The summed E-state index contributed by atoms with van der Waals surface area (Å²) in [5.74, 6) is 0.499. The van der Waals surface area contributed by atoms with Crippen LogP contribution in [-0.2, 0) is 4.79 Å². The van der Waals surface area contributed by atoms with Gasteiger partial charge in [-0.1, -0.05) is 26.3 Å². The second kappa shape index (κ2) is 11.6. The highest BCUT2D eigenvalue weighted by Crippen LogP contribution is 2.18. The number of nitrogens with one attached hydrogen (secondary N) is 3. The topological polar surface area (TPSA) is 79.5 Å². The maximum atomic E-state index is 12.2. The minimum absolute atomic E-state index is 0.0906. The third-order valence-electron chi connectivity index (χ3n) is 4.02. The number of rotatable bonds is 11. The number of unbranched alkanes of at least 4 members (excludes halogenated alkanes) is 1. The van der Waals surface area contributed by atoms with Crippen molar-refractivity contribution in [3.05, 3.63) is 54.1 Å². The molecule has 0 spiro atoms. The molecule has 0 aliphatic heterocycles. The van der Waals surface area contributed by atoms with Gasteiger partial charge < -0.3 is 20.7 Å². The zero-order valence-corrected chi connectivity index (χ0v) is 16.6. The lowest BCUT2D eigenvalue weighted by Crippen LogP contribution is -2.24. The van der Waals surface area contributed by atoms with Crippen LogP contribution in [0.1, 0.15) is 43.5 Å². The van der Waals surface area contributed by atoms with Crippen LogP contribution in [0, 0.1) is 0 Å². The van der Waals surface area contributed by atoms with Crippen LogP contribution in [0.3, 0.4) is 0 Å². The summed E-state index contributed by atoms with van der Waals surface area (Å²) in [6, 6.07) is 14.4. The summed E-state index contributed by atoms with van der Waals surface area (Å²) in [6.45, 7) is 5.57. The van der Waals surface area contributed by atoms with Gasteiger partial charge in [0, 0.05) is 29.5 Å². The molecule has 0 saturated carbocycles. The summed E-state index contributed by atoms with van der Waals surface area (Å²) in [4.78, 5) is 24.1. The zero-order chi connectivity index (χ0) is 20.2. The Balaban J connectivity index is 1.80. The summed E-state index contributed by atoms with van der Waals surface area (Å²) < 4.78 is 5.65. The van der Waals surface area contributed by atoms with E-state index in [1.54, 1.807) is 24.3 Å². The standard InChI is InChI=1S/C22H29N3O3/c1-3-5-14-28-20-8-6-7-19(15-20)25-21(26)16-24-18-11-9-17(10-12-18)22(27)23-13-4-2/h6-12,15,24H,3-5,13-14,16H2,1-2H3,(H,23,27)(H,25,26). The van der Waals surface area contributed by atoms with Crippen molar-refractivity contribution in [3.63, 3.8) is 0 Å². The number of anilines is 2. The van der Waals surface area contributed by atoms with Gasteiger partial charge in [-0.15, -0.1) is 0 Å². The largest absolute Gasteiger partial charge is 0.494 e. The number of ether oxygens (including phenoxy) is 1. The SMILES string of the molecule is CCCCOc1cccc(NC(=O)CNc2ccc(C(=O)NCCC)cc2)c1. The predicted octanol–water partition coefficient (Wildman–Crippen LogP) is 4.06. The molecule has 2 amide bonds. The van der Waals surface area contributed by atoms with E-state index in [9.17, 15) is 9.59 Å². The second-order valence-corrected chi connectivity index (χ2v) is 6.46. The summed E-state index contributed by atoms with van der Waals surface area (Å²) in [7, 11) is 0. The predicted molar refractivity (Wildman–Crippen MR) is 113 cm³/mol. The van der Waals surface area contributed by atoms with Crippen molar-refractivity contribution >= 4 is 23.2 Å². The molecule has 0 atom stereocenters. The maximum absolute atomic E-state index is 12.2. The third kappa shape index (κ3) is 7.31. The van der Waals surface area contributed by atoms with Gasteiger partial charge in [-0.25, -0.2) is 0 Å². The van der Waals surface area contributed by atoms with Crippen molar-refractivity contribution in [2.75, 3.05) is 30.3 Å². The van der Waals surface area contributed by atoms with Crippen molar-refractivity contribution in [2.45, 2.75) is 33.1 Å². The molecule has 3 N–H and O–H groups in total. The van der Waals surface area contributed by atoms with Gasteiger partial charge in [0.25, 0.3) is 5.91 Å². The fraction of sp³-hybridized carbons (Fsp3) is 0.364. The number of benzene rings is 2. The van der Waals surface area contributed by atoms with E-state index in [4.69, 9.17) is 4.74 Å². The first-order chi connectivity index (χ1) is 13.6. The molecule has 0 aliphatic rings. The lowest BCUT2D eigenvalue weighted by Gasteiger charge is -2.10. The normalized spacial score (nSPS) is 10.2. The smallest absolute Gasteiger partial charge is 0.251 e. The first-order valence-electron chi connectivity index (χ1n) is 9.77. The highest BCUT2D eigenvalue weighted by atomic mass is 16.5. The van der Waals surface area contributed by atoms with Crippen molar-refractivity contribution in [3.8, 4) is 5.75 Å². The van der Waals surface area contributed by atoms with E-state index in [0.29, 0.717) is 24.4 Å². The van der Waals surface area contributed by atoms with Crippen LogP contribution in [0.15, 0.2) is 48.5 Å². The molecular weight excluding hydrogens is 354 g/mol. The van der Waals surface area contributed by atoms with E-state index >= 15 is 0 Å². The molecule has 0 unspecified atom stereocenters. The number of hydrogen-bond donors (Lipinski definition) is 3. The first kappa shape index (κ1) is 21.3. The Kier molecular flexibility index (Phi) is 8.85. The minimum atomic E-state index is -0.157. The van der Waals surface area contributed by atoms with Gasteiger partial charge >= 0.3 is 0 Å². The molecule has 2 rings (SSSR count).